The van der Waals surface area contributed by atoms with Gasteiger partial charge in [-0.15, -0.1) is 0 Å². The molecule has 0 aliphatic heterocycles. The Labute approximate surface area is 84.3 Å². The highest BCUT2D eigenvalue weighted by Crippen LogP contribution is 2.33. The first-order chi connectivity index (χ1) is 6.73. The summed E-state index contributed by atoms with van der Waals surface area (Å²) in [6.45, 7) is 2.71. The van der Waals surface area contributed by atoms with Gasteiger partial charge < -0.3 is 5.11 Å². The maximum atomic E-state index is 13.1. The van der Waals surface area contributed by atoms with Crippen LogP contribution in [0, 0.1) is 19.7 Å². The quantitative estimate of drug-likeness (QED) is 0.724. The number of halogens is 4. The lowest BCUT2D eigenvalue weighted by molar-refractivity contribution is -0.206. The molecule has 0 bridgehead atoms. The summed E-state index contributed by atoms with van der Waals surface area (Å²) in [4.78, 5) is 0. The number of hydrogen-bond acceptors (Lipinski definition) is 1. The van der Waals surface area contributed by atoms with E-state index in [0.29, 0.717) is 0 Å². The van der Waals surface area contributed by atoms with Crippen LogP contribution >= 0.6 is 0 Å². The molecule has 15 heavy (non-hydrogen) atoms. The Bertz CT molecular complexity index is 347. The molecule has 0 aliphatic carbocycles. The number of rotatable bonds is 1. The van der Waals surface area contributed by atoms with Gasteiger partial charge in [0.2, 0.25) is 0 Å². The second kappa shape index (κ2) is 3.81. The van der Waals surface area contributed by atoms with E-state index in [1.165, 1.54) is 13.8 Å². The monoisotopic (exact) mass is 222 g/mol. The molecule has 0 saturated carbocycles. The molecule has 0 saturated heterocycles. The minimum Gasteiger partial charge on any atom is -0.379 e. The van der Waals surface area contributed by atoms with Crippen LogP contribution in [-0.4, -0.2) is 11.3 Å². The van der Waals surface area contributed by atoms with Crippen LogP contribution in [-0.2, 0) is 0 Å². The molecule has 1 nitrogen and oxygen atoms in total. The highest BCUT2D eigenvalue weighted by molar-refractivity contribution is 5.32. The fourth-order valence-corrected chi connectivity index (χ4v) is 1.33. The first-order valence-corrected chi connectivity index (χ1v) is 4.25. The number of aliphatic hydroxyl groups excluding tert-OH is 1. The van der Waals surface area contributed by atoms with Crippen molar-refractivity contribution in [1.82, 2.24) is 0 Å². The lowest BCUT2D eigenvalue weighted by Crippen LogP contribution is -2.20. The largest absolute Gasteiger partial charge is 0.418 e. The predicted octanol–water partition coefficient (Wildman–Crippen LogP) is 3.04. The second-order valence-corrected chi connectivity index (χ2v) is 3.41. The lowest BCUT2D eigenvalue weighted by atomic mass is 10.0. The summed E-state index contributed by atoms with van der Waals surface area (Å²) in [5.41, 5.74) is -0.152. The zero-order valence-corrected chi connectivity index (χ0v) is 8.19. The molecule has 1 aromatic rings. The predicted molar refractivity (Wildman–Crippen MR) is 46.9 cm³/mol. The minimum atomic E-state index is -4.73. The number of aliphatic hydroxyl groups is 1. The van der Waals surface area contributed by atoms with Crippen LogP contribution in [0.5, 0.6) is 0 Å². The molecule has 5 heteroatoms. The van der Waals surface area contributed by atoms with Crippen molar-refractivity contribution in [2.24, 2.45) is 0 Å². The van der Waals surface area contributed by atoms with Gasteiger partial charge in [0.05, 0.1) is 0 Å². The van der Waals surface area contributed by atoms with Gasteiger partial charge in [-0.25, -0.2) is 4.39 Å². The molecule has 1 rings (SSSR count). The third kappa shape index (κ3) is 2.47. The zero-order chi connectivity index (χ0) is 11.8. The summed E-state index contributed by atoms with van der Waals surface area (Å²) < 4.78 is 49.6. The Hall–Kier alpha value is -1.10. The maximum Gasteiger partial charge on any atom is 0.418 e. The average Bonchev–Trinajstić information content (AvgIpc) is 2.10. The van der Waals surface area contributed by atoms with E-state index >= 15 is 0 Å². The molecule has 1 atom stereocenters. The van der Waals surface area contributed by atoms with Crippen LogP contribution in [0.4, 0.5) is 17.6 Å². The van der Waals surface area contributed by atoms with Gasteiger partial charge in [-0.2, -0.15) is 13.2 Å². The van der Waals surface area contributed by atoms with Gasteiger partial charge in [0.25, 0.3) is 0 Å². The Kier molecular flexibility index (Phi) is 3.04. The van der Waals surface area contributed by atoms with E-state index in [0.717, 1.165) is 12.1 Å². The van der Waals surface area contributed by atoms with E-state index in [1.54, 1.807) is 0 Å². The number of benzene rings is 1. The maximum absolute atomic E-state index is 13.1. The third-order valence-electron chi connectivity index (χ3n) is 2.08. The standard InChI is InChI=1S/C10H10F4O/c1-5-3-7(4-6(2)8(5)11)9(15)10(12,13)14/h3-4,9,15H,1-2H3/t9-/m0/s1. The first kappa shape index (κ1) is 12.0. The molecular weight excluding hydrogens is 212 g/mol. The molecule has 0 unspecified atom stereocenters. The molecular formula is C10H10F4O. The van der Waals surface area contributed by atoms with Gasteiger partial charge in [-0.3, -0.25) is 0 Å². The summed E-state index contributed by atoms with van der Waals surface area (Å²) in [6, 6.07) is 2.00. The van der Waals surface area contributed by atoms with Crippen molar-refractivity contribution in [3.05, 3.63) is 34.6 Å². The van der Waals surface area contributed by atoms with Gasteiger partial charge in [0, 0.05) is 0 Å². The van der Waals surface area contributed by atoms with E-state index in [4.69, 9.17) is 5.11 Å². The minimum absolute atomic E-state index is 0.0910. The summed E-state index contributed by atoms with van der Waals surface area (Å²) in [5, 5.41) is 8.95. The number of aryl methyl sites for hydroxylation is 2. The van der Waals surface area contributed by atoms with Crippen LogP contribution in [0.25, 0.3) is 0 Å². The molecule has 0 aromatic heterocycles. The molecule has 0 spiro atoms. The van der Waals surface area contributed by atoms with Crippen LogP contribution in [0.3, 0.4) is 0 Å². The molecule has 1 N–H and O–H groups in total. The molecule has 0 fully saturated rings. The highest BCUT2D eigenvalue weighted by atomic mass is 19.4. The molecule has 0 amide bonds. The summed E-state index contributed by atoms with van der Waals surface area (Å²) >= 11 is 0. The van der Waals surface area contributed by atoms with Gasteiger partial charge in [-0.1, -0.05) is 12.1 Å². The zero-order valence-electron chi connectivity index (χ0n) is 8.19. The van der Waals surface area contributed by atoms with E-state index in [-0.39, 0.29) is 16.7 Å². The Morgan fingerprint density at radius 2 is 1.53 bits per heavy atom. The summed E-state index contributed by atoms with van der Waals surface area (Å²) in [6.07, 6.45) is -7.29. The molecule has 0 radical (unpaired) electrons. The number of alkyl halides is 3. The van der Waals surface area contributed by atoms with Gasteiger partial charge in [0.15, 0.2) is 6.10 Å². The average molecular weight is 222 g/mol. The molecule has 84 valence electrons. The van der Waals surface area contributed by atoms with Crippen LogP contribution in [0.2, 0.25) is 0 Å². The summed E-state index contributed by atoms with van der Waals surface area (Å²) in [7, 11) is 0. The highest BCUT2D eigenvalue weighted by Gasteiger charge is 2.39. The van der Waals surface area contributed by atoms with E-state index in [2.05, 4.69) is 0 Å². The fourth-order valence-electron chi connectivity index (χ4n) is 1.33. The number of hydrogen-bond donors (Lipinski definition) is 1. The van der Waals surface area contributed by atoms with Gasteiger partial charge in [0.1, 0.15) is 5.82 Å². The van der Waals surface area contributed by atoms with Gasteiger partial charge >= 0.3 is 6.18 Å². The first-order valence-electron chi connectivity index (χ1n) is 4.25. The van der Waals surface area contributed by atoms with Crippen molar-refractivity contribution in [1.29, 1.82) is 0 Å². The SMILES string of the molecule is Cc1cc([C@H](O)C(F)(F)F)cc(C)c1F. The van der Waals surface area contributed by atoms with Crippen molar-refractivity contribution < 1.29 is 22.7 Å². The van der Waals surface area contributed by atoms with Crippen molar-refractivity contribution in [3.8, 4) is 0 Å². The third-order valence-corrected chi connectivity index (χ3v) is 2.08. The van der Waals surface area contributed by atoms with Crippen LogP contribution < -0.4 is 0 Å². The Balaban J connectivity index is 3.17. The van der Waals surface area contributed by atoms with E-state index < -0.39 is 18.1 Å². The smallest absolute Gasteiger partial charge is 0.379 e. The van der Waals surface area contributed by atoms with Gasteiger partial charge in [-0.05, 0) is 30.5 Å². The molecule has 0 aliphatic rings. The van der Waals surface area contributed by atoms with Crippen molar-refractivity contribution in [2.75, 3.05) is 0 Å². The van der Waals surface area contributed by atoms with Crippen molar-refractivity contribution in [3.63, 3.8) is 0 Å². The van der Waals surface area contributed by atoms with Crippen molar-refractivity contribution in [2.45, 2.75) is 26.1 Å². The topological polar surface area (TPSA) is 20.2 Å². The van der Waals surface area contributed by atoms with Crippen molar-refractivity contribution >= 4 is 0 Å². The lowest BCUT2D eigenvalue weighted by Gasteiger charge is -2.16. The Morgan fingerprint density at radius 1 is 1.13 bits per heavy atom. The van der Waals surface area contributed by atoms with E-state index in [9.17, 15) is 17.6 Å². The van der Waals surface area contributed by atoms with Crippen LogP contribution in [0.1, 0.15) is 22.8 Å². The second-order valence-electron chi connectivity index (χ2n) is 3.41. The molecule has 0 heterocycles. The fraction of sp³-hybridized carbons (Fsp3) is 0.400. The molecule has 1 aromatic carbocycles. The normalized spacial score (nSPS) is 14.1. The Morgan fingerprint density at radius 3 is 1.87 bits per heavy atom. The van der Waals surface area contributed by atoms with Crippen LogP contribution in [0.15, 0.2) is 12.1 Å². The van der Waals surface area contributed by atoms with E-state index in [1.807, 2.05) is 0 Å². The summed E-state index contributed by atoms with van der Waals surface area (Å²) in [5.74, 6) is -0.548.